The molecular weight excluding hydrogens is 302 g/mol. The Labute approximate surface area is 122 Å². The van der Waals surface area contributed by atoms with E-state index >= 15 is 0 Å². The van der Waals surface area contributed by atoms with Gasteiger partial charge in [-0.2, -0.15) is 0 Å². The molecule has 1 unspecified atom stereocenters. The highest BCUT2D eigenvalue weighted by molar-refractivity contribution is 7.99. The summed E-state index contributed by atoms with van der Waals surface area (Å²) in [7, 11) is 0. The van der Waals surface area contributed by atoms with E-state index in [9.17, 15) is 19.2 Å². The Morgan fingerprint density at radius 3 is 2.76 bits per heavy atom. The van der Waals surface area contributed by atoms with E-state index in [0.717, 1.165) is 6.20 Å². The topological polar surface area (TPSA) is 139 Å². The Hall–Kier alpha value is -2.36. The quantitative estimate of drug-likeness (QED) is 0.589. The Morgan fingerprint density at radius 2 is 2.14 bits per heavy atom. The first kappa shape index (κ1) is 15.0. The fraction of sp³-hybridized carbons (Fsp3) is 0.364. The van der Waals surface area contributed by atoms with Gasteiger partial charge >= 0.3 is 11.9 Å². The second-order valence-electron chi connectivity index (χ2n) is 4.22. The zero-order valence-electron chi connectivity index (χ0n) is 10.6. The van der Waals surface area contributed by atoms with Crippen LogP contribution >= 0.6 is 11.8 Å². The van der Waals surface area contributed by atoms with Crippen LogP contribution in [0.3, 0.4) is 0 Å². The first-order valence-corrected chi connectivity index (χ1v) is 6.87. The van der Waals surface area contributed by atoms with Gasteiger partial charge in [0.05, 0.1) is 6.42 Å². The predicted molar refractivity (Wildman–Crippen MR) is 70.4 cm³/mol. The SMILES string of the molecule is O=C(O)CC(NC(=O)c1cnc2n(c1=O)CCS2)C(=O)O. The number of rotatable bonds is 5. The summed E-state index contributed by atoms with van der Waals surface area (Å²) >= 11 is 1.38. The first-order valence-electron chi connectivity index (χ1n) is 5.88. The lowest BCUT2D eigenvalue weighted by Gasteiger charge is -2.12. The third-order valence-electron chi connectivity index (χ3n) is 2.78. The van der Waals surface area contributed by atoms with E-state index in [1.165, 1.54) is 16.3 Å². The highest BCUT2D eigenvalue weighted by atomic mass is 32.2. The van der Waals surface area contributed by atoms with Gasteiger partial charge in [0, 0.05) is 18.5 Å². The zero-order valence-corrected chi connectivity index (χ0v) is 11.4. The molecule has 21 heavy (non-hydrogen) atoms. The van der Waals surface area contributed by atoms with E-state index in [4.69, 9.17) is 10.2 Å². The second kappa shape index (κ2) is 5.95. The van der Waals surface area contributed by atoms with Gasteiger partial charge in [-0.3, -0.25) is 19.0 Å². The van der Waals surface area contributed by atoms with Crippen LogP contribution in [0, 0.1) is 0 Å². The van der Waals surface area contributed by atoms with Crippen LogP contribution in [-0.2, 0) is 16.1 Å². The summed E-state index contributed by atoms with van der Waals surface area (Å²) in [6.45, 7) is 0.421. The number of nitrogens with zero attached hydrogens (tertiary/aromatic N) is 2. The van der Waals surface area contributed by atoms with E-state index in [1.807, 2.05) is 5.32 Å². The lowest BCUT2D eigenvalue weighted by Crippen LogP contribution is -2.44. The molecule has 1 aromatic rings. The fourth-order valence-electron chi connectivity index (χ4n) is 1.78. The van der Waals surface area contributed by atoms with Crippen molar-refractivity contribution in [3.63, 3.8) is 0 Å². The standard InChI is InChI=1S/C11H11N3O6S/c15-7(16)3-6(10(19)20)13-8(17)5-4-12-11-14(9(5)18)1-2-21-11/h4,6H,1-3H2,(H,13,17)(H,15,16)(H,19,20). The van der Waals surface area contributed by atoms with Crippen molar-refractivity contribution in [2.24, 2.45) is 0 Å². The number of carbonyl (C=O) groups excluding carboxylic acids is 1. The van der Waals surface area contributed by atoms with Crippen molar-refractivity contribution < 1.29 is 24.6 Å². The number of fused-ring (bicyclic) bond motifs is 1. The van der Waals surface area contributed by atoms with E-state index in [2.05, 4.69) is 4.98 Å². The summed E-state index contributed by atoms with van der Waals surface area (Å²) in [5.74, 6) is -3.14. The lowest BCUT2D eigenvalue weighted by molar-refractivity contribution is -0.145. The lowest BCUT2D eigenvalue weighted by atomic mass is 10.2. The highest BCUT2D eigenvalue weighted by Crippen LogP contribution is 2.20. The van der Waals surface area contributed by atoms with Crippen LogP contribution < -0.4 is 10.9 Å². The molecule has 0 saturated heterocycles. The van der Waals surface area contributed by atoms with Gasteiger partial charge in [-0.05, 0) is 0 Å². The Balaban J connectivity index is 2.22. The van der Waals surface area contributed by atoms with Gasteiger partial charge in [0.25, 0.3) is 11.5 Å². The smallest absolute Gasteiger partial charge is 0.326 e. The van der Waals surface area contributed by atoms with Crippen LogP contribution in [0.2, 0.25) is 0 Å². The van der Waals surface area contributed by atoms with Gasteiger partial charge in [-0.15, -0.1) is 0 Å². The number of hydrogen-bond donors (Lipinski definition) is 3. The van der Waals surface area contributed by atoms with Crippen molar-refractivity contribution in [2.75, 3.05) is 5.75 Å². The maximum atomic E-state index is 12.1. The summed E-state index contributed by atoms with van der Waals surface area (Å²) in [6.07, 6.45) is 0.290. The molecule has 2 rings (SSSR count). The minimum absolute atomic E-state index is 0.308. The third kappa shape index (κ3) is 3.21. The summed E-state index contributed by atoms with van der Waals surface area (Å²) in [4.78, 5) is 49.4. The molecule has 112 valence electrons. The molecule has 3 N–H and O–H groups in total. The molecule has 0 bridgehead atoms. The number of carboxylic acids is 2. The number of amides is 1. The largest absolute Gasteiger partial charge is 0.481 e. The molecule has 1 aromatic heterocycles. The van der Waals surface area contributed by atoms with Gasteiger partial charge in [0.1, 0.15) is 11.6 Å². The van der Waals surface area contributed by atoms with Crippen molar-refractivity contribution >= 4 is 29.6 Å². The van der Waals surface area contributed by atoms with E-state index in [0.29, 0.717) is 17.5 Å². The molecule has 0 radical (unpaired) electrons. The molecule has 0 spiro atoms. The first-order chi connectivity index (χ1) is 9.90. The average molecular weight is 313 g/mol. The van der Waals surface area contributed by atoms with Crippen LogP contribution in [0.4, 0.5) is 0 Å². The van der Waals surface area contributed by atoms with E-state index in [1.54, 1.807) is 0 Å². The molecular formula is C11H11N3O6S. The van der Waals surface area contributed by atoms with Gasteiger partial charge in [0.2, 0.25) is 0 Å². The molecule has 9 nitrogen and oxygen atoms in total. The van der Waals surface area contributed by atoms with Crippen LogP contribution in [-0.4, -0.2) is 49.4 Å². The Kier molecular flexibility index (Phi) is 4.26. The van der Waals surface area contributed by atoms with Crippen molar-refractivity contribution in [3.05, 3.63) is 22.1 Å². The third-order valence-corrected chi connectivity index (χ3v) is 3.75. The number of carboxylic acid groups (broad SMARTS) is 2. The van der Waals surface area contributed by atoms with Crippen molar-refractivity contribution in [2.45, 2.75) is 24.2 Å². The molecule has 2 heterocycles. The molecule has 1 aliphatic heterocycles. The fourth-order valence-corrected chi connectivity index (χ4v) is 2.70. The van der Waals surface area contributed by atoms with Gasteiger partial charge in [0.15, 0.2) is 5.16 Å². The minimum atomic E-state index is -1.61. The number of nitrogens with one attached hydrogen (secondary N) is 1. The zero-order chi connectivity index (χ0) is 15.6. The number of carbonyl (C=O) groups is 3. The monoisotopic (exact) mass is 313 g/mol. The highest BCUT2D eigenvalue weighted by Gasteiger charge is 2.26. The normalized spacial score (nSPS) is 14.3. The summed E-state index contributed by atoms with van der Waals surface area (Å²) in [6, 6.07) is -1.61. The van der Waals surface area contributed by atoms with Gasteiger partial charge < -0.3 is 15.5 Å². The number of thioether (sulfide) groups is 1. The average Bonchev–Trinajstić information content (AvgIpc) is 2.86. The minimum Gasteiger partial charge on any atom is -0.481 e. The van der Waals surface area contributed by atoms with E-state index < -0.39 is 35.9 Å². The molecule has 0 aromatic carbocycles. The Morgan fingerprint density at radius 1 is 1.43 bits per heavy atom. The summed E-state index contributed by atoms with van der Waals surface area (Å²) in [5.41, 5.74) is -0.875. The number of aromatic nitrogens is 2. The summed E-state index contributed by atoms with van der Waals surface area (Å²) in [5, 5.41) is 20.0. The molecule has 0 fully saturated rings. The van der Waals surface area contributed by atoms with Crippen LogP contribution in [0.25, 0.3) is 0 Å². The van der Waals surface area contributed by atoms with Crippen LogP contribution in [0.15, 0.2) is 16.1 Å². The molecule has 10 heteroatoms. The molecule has 1 aliphatic rings. The molecule has 1 atom stereocenters. The summed E-state index contributed by atoms with van der Waals surface area (Å²) < 4.78 is 1.33. The van der Waals surface area contributed by atoms with Gasteiger partial charge in [-0.1, -0.05) is 11.8 Å². The second-order valence-corrected chi connectivity index (χ2v) is 5.28. The van der Waals surface area contributed by atoms with Crippen LogP contribution in [0.5, 0.6) is 0 Å². The van der Waals surface area contributed by atoms with Crippen molar-refractivity contribution in [1.29, 1.82) is 0 Å². The maximum absolute atomic E-state index is 12.1. The molecule has 0 saturated carbocycles. The van der Waals surface area contributed by atoms with Crippen LogP contribution in [0.1, 0.15) is 16.8 Å². The van der Waals surface area contributed by atoms with E-state index in [-0.39, 0.29) is 5.56 Å². The maximum Gasteiger partial charge on any atom is 0.326 e. The molecule has 1 amide bonds. The number of hydrogen-bond acceptors (Lipinski definition) is 6. The van der Waals surface area contributed by atoms with Crippen molar-refractivity contribution in [3.8, 4) is 0 Å². The van der Waals surface area contributed by atoms with Crippen molar-refractivity contribution in [1.82, 2.24) is 14.9 Å². The van der Waals surface area contributed by atoms with Gasteiger partial charge in [-0.25, -0.2) is 9.78 Å². The number of aliphatic carboxylic acids is 2. The predicted octanol–water partition coefficient (Wildman–Crippen LogP) is -0.993. The molecule has 0 aliphatic carbocycles. The Bertz CT molecular complexity index is 670.